The Kier molecular flexibility index (Phi) is 5.76. The normalized spacial score (nSPS) is 20.0. The van der Waals surface area contributed by atoms with Crippen molar-refractivity contribution in [2.45, 2.75) is 12.8 Å². The summed E-state index contributed by atoms with van der Waals surface area (Å²) >= 11 is 0. The van der Waals surface area contributed by atoms with Crippen molar-refractivity contribution in [2.75, 3.05) is 51.7 Å². The van der Waals surface area contributed by atoms with Crippen molar-refractivity contribution in [1.29, 1.82) is 0 Å². The molecule has 0 radical (unpaired) electrons. The predicted molar refractivity (Wildman–Crippen MR) is 110 cm³/mol. The van der Waals surface area contributed by atoms with E-state index < -0.39 is 0 Å². The number of nitrogens with zero attached hydrogens (tertiary/aromatic N) is 3. The lowest BCUT2D eigenvalue weighted by atomic mass is 9.97. The lowest BCUT2D eigenvalue weighted by Gasteiger charge is -2.32. The first-order valence-electron chi connectivity index (χ1n) is 10.1. The third-order valence-corrected chi connectivity index (χ3v) is 5.63. The van der Waals surface area contributed by atoms with Crippen molar-refractivity contribution >= 4 is 11.7 Å². The molecular weight excluding hydrogens is 352 g/mol. The quantitative estimate of drug-likeness (QED) is 0.883. The van der Waals surface area contributed by atoms with Gasteiger partial charge < -0.3 is 19.9 Å². The van der Waals surface area contributed by atoms with Crippen LogP contribution in [0.2, 0.25) is 0 Å². The summed E-state index contributed by atoms with van der Waals surface area (Å²) in [7, 11) is 2.09. The van der Waals surface area contributed by atoms with E-state index in [9.17, 15) is 4.79 Å². The second kappa shape index (κ2) is 8.61. The first kappa shape index (κ1) is 18.7. The number of ether oxygens (including phenoxy) is 1. The summed E-state index contributed by atoms with van der Waals surface area (Å²) in [5, 5.41) is 3.43. The van der Waals surface area contributed by atoms with Crippen LogP contribution in [-0.2, 0) is 6.42 Å². The molecule has 1 aromatic carbocycles. The zero-order valence-electron chi connectivity index (χ0n) is 16.4. The molecule has 0 unspecified atom stereocenters. The Morgan fingerprint density at radius 3 is 2.89 bits per heavy atom. The van der Waals surface area contributed by atoms with E-state index in [1.54, 1.807) is 6.20 Å². The van der Waals surface area contributed by atoms with Gasteiger partial charge in [-0.3, -0.25) is 4.79 Å². The molecule has 2 aliphatic heterocycles. The second-order valence-electron chi connectivity index (χ2n) is 7.72. The van der Waals surface area contributed by atoms with Crippen molar-refractivity contribution < 1.29 is 9.53 Å². The van der Waals surface area contributed by atoms with E-state index in [1.165, 1.54) is 5.56 Å². The molecule has 6 heteroatoms. The lowest BCUT2D eigenvalue weighted by Crippen LogP contribution is -2.47. The molecule has 1 N–H and O–H groups in total. The fourth-order valence-electron chi connectivity index (χ4n) is 3.84. The van der Waals surface area contributed by atoms with E-state index >= 15 is 0 Å². The van der Waals surface area contributed by atoms with Crippen molar-refractivity contribution in [3.05, 3.63) is 53.7 Å². The van der Waals surface area contributed by atoms with Gasteiger partial charge in [-0.1, -0.05) is 18.2 Å². The fraction of sp³-hybridized carbons (Fsp3) is 0.455. The van der Waals surface area contributed by atoms with Gasteiger partial charge in [-0.15, -0.1) is 0 Å². The zero-order valence-corrected chi connectivity index (χ0v) is 16.4. The topological polar surface area (TPSA) is 57.7 Å². The van der Waals surface area contributed by atoms with Crippen LogP contribution in [0, 0.1) is 5.92 Å². The van der Waals surface area contributed by atoms with Crippen molar-refractivity contribution in [3.8, 4) is 5.75 Å². The van der Waals surface area contributed by atoms with Crippen molar-refractivity contribution in [1.82, 2.24) is 14.8 Å². The number of benzene rings is 1. The number of piperazine rings is 1. The van der Waals surface area contributed by atoms with Crippen LogP contribution in [0.4, 0.5) is 5.82 Å². The number of rotatable bonds is 4. The minimum absolute atomic E-state index is 0.0929. The SMILES string of the molecule is CN1CCN(C(=O)c2ccnc(NC[C@H]3CCOc4ccccc4C3)c2)CC1. The van der Waals surface area contributed by atoms with Gasteiger partial charge in [0.15, 0.2) is 0 Å². The molecule has 2 aromatic rings. The van der Waals surface area contributed by atoms with E-state index in [1.807, 2.05) is 29.2 Å². The maximum Gasteiger partial charge on any atom is 0.254 e. The Hall–Kier alpha value is -2.60. The predicted octanol–water partition coefficient (Wildman–Crippen LogP) is 2.52. The summed E-state index contributed by atoms with van der Waals surface area (Å²) in [4.78, 5) is 21.4. The molecule has 0 spiro atoms. The molecule has 3 heterocycles. The summed E-state index contributed by atoms with van der Waals surface area (Å²) in [5.41, 5.74) is 1.97. The van der Waals surface area contributed by atoms with Crippen molar-refractivity contribution in [2.24, 2.45) is 5.92 Å². The van der Waals surface area contributed by atoms with Crippen LogP contribution in [-0.4, -0.2) is 67.1 Å². The molecule has 28 heavy (non-hydrogen) atoms. The Bertz CT molecular complexity index is 818. The van der Waals surface area contributed by atoms with Gasteiger partial charge in [-0.2, -0.15) is 0 Å². The second-order valence-corrected chi connectivity index (χ2v) is 7.72. The molecule has 1 saturated heterocycles. The van der Waals surface area contributed by atoms with Gasteiger partial charge in [0.2, 0.25) is 0 Å². The number of nitrogens with one attached hydrogen (secondary N) is 1. The molecule has 0 bridgehead atoms. The van der Waals surface area contributed by atoms with E-state index in [0.717, 1.165) is 63.7 Å². The van der Waals surface area contributed by atoms with E-state index in [4.69, 9.17) is 4.74 Å². The first-order chi connectivity index (χ1) is 13.7. The summed E-state index contributed by atoms with van der Waals surface area (Å²) in [5.74, 6) is 2.33. The maximum absolute atomic E-state index is 12.8. The van der Waals surface area contributed by atoms with Gasteiger partial charge in [0.05, 0.1) is 6.61 Å². The summed E-state index contributed by atoms with van der Waals surface area (Å²) in [6.45, 7) is 4.96. The minimum Gasteiger partial charge on any atom is -0.493 e. The Morgan fingerprint density at radius 1 is 1.21 bits per heavy atom. The van der Waals surface area contributed by atoms with Gasteiger partial charge in [-0.25, -0.2) is 4.98 Å². The van der Waals surface area contributed by atoms with Crippen LogP contribution < -0.4 is 10.1 Å². The number of amides is 1. The number of aromatic nitrogens is 1. The highest BCUT2D eigenvalue weighted by molar-refractivity contribution is 5.94. The highest BCUT2D eigenvalue weighted by Gasteiger charge is 2.21. The lowest BCUT2D eigenvalue weighted by molar-refractivity contribution is 0.0664. The molecule has 2 aliphatic rings. The standard InChI is InChI=1S/C22H28N4O2/c1-25-9-11-26(12-10-25)22(27)19-6-8-23-21(15-19)24-16-17-7-13-28-20-5-3-2-4-18(20)14-17/h2-6,8,15,17H,7,9-14,16H2,1H3,(H,23,24)/t17-/m0/s1. The number of para-hydroxylation sites is 1. The van der Waals surface area contributed by atoms with Crippen LogP contribution in [0.3, 0.4) is 0 Å². The summed E-state index contributed by atoms with van der Waals surface area (Å²) < 4.78 is 5.86. The number of hydrogen-bond acceptors (Lipinski definition) is 5. The van der Waals surface area contributed by atoms with Crippen LogP contribution in [0.5, 0.6) is 5.75 Å². The number of anilines is 1. The number of carbonyl (C=O) groups excluding carboxylic acids is 1. The van der Waals surface area contributed by atoms with Crippen LogP contribution >= 0.6 is 0 Å². The van der Waals surface area contributed by atoms with Crippen molar-refractivity contribution in [3.63, 3.8) is 0 Å². The zero-order chi connectivity index (χ0) is 19.3. The minimum atomic E-state index is 0.0929. The molecule has 0 aliphatic carbocycles. The summed E-state index contributed by atoms with van der Waals surface area (Å²) in [6.07, 6.45) is 3.71. The van der Waals surface area contributed by atoms with Gasteiger partial charge in [-0.05, 0) is 49.6 Å². The molecule has 4 rings (SSSR count). The summed E-state index contributed by atoms with van der Waals surface area (Å²) in [6, 6.07) is 11.9. The fourth-order valence-corrected chi connectivity index (χ4v) is 3.84. The van der Waals surface area contributed by atoms with E-state index in [0.29, 0.717) is 11.5 Å². The number of pyridine rings is 1. The monoisotopic (exact) mass is 380 g/mol. The molecule has 148 valence electrons. The maximum atomic E-state index is 12.8. The average molecular weight is 380 g/mol. The number of fused-ring (bicyclic) bond motifs is 1. The molecule has 1 amide bonds. The average Bonchev–Trinajstić information content (AvgIpc) is 2.94. The first-order valence-corrected chi connectivity index (χ1v) is 10.1. The third kappa shape index (κ3) is 4.44. The largest absolute Gasteiger partial charge is 0.493 e. The Labute approximate surface area is 166 Å². The molecule has 1 atom stereocenters. The number of carbonyl (C=O) groups is 1. The van der Waals surface area contributed by atoms with E-state index in [2.05, 4.69) is 34.4 Å². The highest BCUT2D eigenvalue weighted by Crippen LogP contribution is 2.26. The van der Waals surface area contributed by atoms with Crippen LogP contribution in [0.25, 0.3) is 0 Å². The Balaban J connectivity index is 1.37. The van der Waals surface area contributed by atoms with Gasteiger partial charge in [0, 0.05) is 44.5 Å². The Morgan fingerprint density at radius 2 is 2.04 bits per heavy atom. The van der Waals surface area contributed by atoms with Gasteiger partial charge in [0.25, 0.3) is 5.91 Å². The molecule has 0 saturated carbocycles. The molecular formula is C22H28N4O2. The van der Waals surface area contributed by atoms with Gasteiger partial charge >= 0.3 is 0 Å². The van der Waals surface area contributed by atoms with Crippen LogP contribution in [0.1, 0.15) is 22.3 Å². The number of likely N-dealkylation sites (N-methyl/N-ethyl adjacent to an activating group) is 1. The van der Waals surface area contributed by atoms with Gasteiger partial charge in [0.1, 0.15) is 11.6 Å². The van der Waals surface area contributed by atoms with Crippen LogP contribution in [0.15, 0.2) is 42.6 Å². The molecule has 1 aromatic heterocycles. The third-order valence-electron chi connectivity index (χ3n) is 5.63. The molecule has 1 fully saturated rings. The smallest absolute Gasteiger partial charge is 0.254 e. The highest BCUT2D eigenvalue weighted by atomic mass is 16.5. The number of hydrogen-bond donors (Lipinski definition) is 1. The van der Waals surface area contributed by atoms with E-state index in [-0.39, 0.29) is 5.91 Å². The molecule has 6 nitrogen and oxygen atoms in total.